The minimum Gasteiger partial charge on any atom is -0.490 e. The minimum absolute atomic E-state index is 0.0228. The number of methoxy groups -OCH3 is 1. The maximum Gasteiger partial charge on any atom is 0.311 e. The van der Waals surface area contributed by atoms with Gasteiger partial charge >= 0.3 is 5.69 Å². The van der Waals surface area contributed by atoms with Crippen LogP contribution in [0.1, 0.15) is 12.5 Å². The lowest BCUT2D eigenvalue weighted by Gasteiger charge is -2.10. The molecule has 0 aliphatic carbocycles. The summed E-state index contributed by atoms with van der Waals surface area (Å²) in [4.78, 5) is 27.3. The van der Waals surface area contributed by atoms with E-state index in [1.807, 2.05) is 0 Å². The number of hydrogen-bond acceptors (Lipinski definition) is 9. The van der Waals surface area contributed by atoms with Crippen LogP contribution < -0.4 is 10.1 Å². The number of ether oxygens (including phenoxy) is 1. The van der Waals surface area contributed by atoms with Crippen LogP contribution in [0.3, 0.4) is 0 Å². The second-order valence-electron chi connectivity index (χ2n) is 6.45. The number of nitrogens with one attached hydrogen (secondary N) is 1. The highest BCUT2D eigenvalue weighted by Gasteiger charge is 2.19. The fourth-order valence-electron chi connectivity index (χ4n) is 2.74. The Labute approximate surface area is 182 Å². The molecule has 12 heteroatoms. The van der Waals surface area contributed by atoms with Crippen molar-refractivity contribution in [2.24, 2.45) is 0 Å². The number of oxazole rings is 1. The van der Waals surface area contributed by atoms with Crippen molar-refractivity contribution in [2.45, 2.75) is 24.0 Å². The highest BCUT2D eigenvalue weighted by molar-refractivity contribution is 7.99. The van der Waals surface area contributed by atoms with Gasteiger partial charge in [-0.2, -0.15) is 0 Å². The van der Waals surface area contributed by atoms with Crippen LogP contribution in [0, 0.1) is 17.0 Å². The number of anilines is 1. The second kappa shape index (κ2) is 8.94. The van der Waals surface area contributed by atoms with E-state index >= 15 is 0 Å². The molecule has 0 saturated carbocycles. The van der Waals surface area contributed by atoms with Gasteiger partial charge in [0.25, 0.3) is 5.22 Å². The van der Waals surface area contributed by atoms with Crippen LogP contribution in [0.25, 0.3) is 11.1 Å². The Balaban J connectivity index is 1.71. The Hall–Kier alpha value is -3.12. The zero-order valence-corrected chi connectivity index (χ0v) is 18.5. The number of carbonyl (C=O) groups excluding carboxylic acids is 1. The van der Waals surface area contributed by atoms with Crippen molar-refractivity contribution in [3.05, 3.63) is 46.0 Å². The molecule has 3 rings (SSSR count). The van der Waals surface area contributed by atoms with Crippen LogP contribution >= 0.6 is 11.8 Å². The molecule has 0 atom stereocenters. The molecule has 1 N–H and O–H groups in total. The van der Waals surface area contributed by atoms with Crippen molar-refractivity contribution in [3.63, 3.8) is 0 Å². The quantitative estimate of drug-likeness (QED) is 0.300. The van der Waals surface area contributed by atoms with E-state index in [9.17, 15) is 23.3 Å². The maximum atomic E-state index is 12.3. The molecule has 0 saturated heterocycles. The van der Waals surface area contributed by atoms with Crippen molar-refractivity contribution in [2.75, 3.05) is 23.9 Å². The lowest BCUT2D eigenvalue weighted by Crippen LogP contribution is -2.15. The van der Waals surface area contributed by atoms with Crippen LogP contribution in [0.5, 0.6) is 5.75 Å². The van der Waals surface area contributed by atoms with Gasteiger partial charge in [-0.25, -0.2) is 13.4 Å². The highest BCUT2D eigenvalue weighted by Crippen LogP contribution is 2.33. The van der Waals surface area contributed by atoms with Crippen LogP contribution in [-0.2, 0) is 14.6 Å². The number of rotatable bonds is 8. The molecule has 0 aliphatic rings. The molecule has 164 valence electrons. The van der Waals surface area contributed by atoms with E-state index < -0.39 is 14.8 Å². The molecule has 0 spiro atoms. The molecular formula is C19H19N3O7S2. The fraction of sp³-hybridized carbons (Fsp3) is 0.263. The normalized spacial score (nSPS) is 11.5. The lowest BCUT2D eigenvalue weighted by molar-refractivity contribution is -0.385. The summed E-state index contributed by atoms with van der Waals surface area (Å²) in [7, 11) is -2.06. The van der Waals surface area contributed by atoms with Crippen LogP contribution in [0.15, 0.2) is 44.9 Å². The average Bonchev–Trinajstić information content (AvgIpc) is 3.15. The van der Waals surface area contributed by atoms with Crippen LogP contribution in [-0.4, -0.2) is 42.8 Å². The van der Waals surface area contributed by atoms with E-state index in [1.54, 1.807) is 13.8 Å². The first-order valence-electron chi connectivity index (χ1n) is 9.03. The molecule has 10 nitrogen and oxygen atoms in total. The van der Waals surface area contributed by atoms with Gasteiger partial charge in [0.2, 0.25) is 5.91 Å². The van der Waals surface area contributed by atoms with Crippen molar-refractivity contribution in [1.29, 1.82) is 0 Å². The molecular weight excluding hydrogens is 446 g/mol. The van der Waals surface area contributed by atoms with E-state index in [0.29, 0.717) is 22.4 Å². The Morgan fingerprint density at radius 1 is 1.32 bits per heavy atom. The number of carbonyl (C=O) groups is 1. The SMILES string of the molecule is CCS(=O)(=O)c1ccc2oc(SCC(=O)Nc3cc(OC)c([N+](=O)[O-])cc3C)nc2c1. The maximum absolute atomic E-state index is 12.3. The summed E-state index contributed by atoms with van der Waals surface area (Å²) in [6.45, 7) is 3.20. The Morgan fingerprint density at radius 2 is 2.06 bits per heavy atom. The van der Waals surface area contributed by atoms with Gasteiger partial charge in [-0.15, -0.1) is 0 Å². The highest BCUT2D eigenvalue weighted by atomic mass is 32.2. The summed E-state index contributed by atoms with van der Waals surface area (Å²) >= 11 is 1.04. The van der Waals surface area contributed by atoms with E-state index in [-0.39, 0.29) is 39.0 Å². The summed E-state index contributed by atoms with van der Waals surface area (Å²) in [6.07, 6.45) is 0. The number of nitrogens with zero attached hydrogens (tertiary/aromatic N) is 2. The van der Waals surface area contributed by atoms with Gasteiger partial charge in [0.05, 0.1) is 28.4 Å². The first-order valence-corrected chi connectivity index (χ1v) is 11.7. The number of thioether (sulfide) groups is 1. The Morgan fingerprint density at radius 3 is 2.71 bits per heavy atom. The van der Waals surface area contributed by atoms with Crippen molar-refractivity contribution >= 4 is 50.0 Å². The number of nitro groups is 1. The predicted octanol–water partition coefficient (Wildman–Crippen LogP) is 3.58. The average molecular weight is 466 g/mol. The third kappa shape index (κ3) is 4.97. The minimum atomic E-state index is -3.36. The standard InChI is InChI=1S/C19H19N3O7S2/c1-4-31(26,27)12-5-6-16-14(8-12)21-19(29-16)30-10-18(23)20-13-9-17(28-3)15(22(24)25)7-11(13)2/h5-9H,4,10H2,1-3H3,(H,20,23). The molecule has 3 aromatic rings. The van der Waals surface area contributed by atoms with Crippen molar-refractivity contribution < 1.29 is 27.3 Å². The number of aryl methyl sites for hydroxylation is 1. The van der Waals surface area contributed by atoms with Gasteiger partial charge < -0.3 is 14.5 Å². The number of amides is 1. The van der Waals surface area contributed by atoms with E-state index in [2.05, 4.69) is 10.3 Å². The topological polar surface area (TPSA) is 142 Å². The zero-order valence-electron chi connectivity index (χ0n) is 16.9. The van der Waals surface area contributed by atoms with Crippen molar-refractivity contribution in [3.8, 4) is 5.75 Å². The molecule has 0 bridgehead atoms. The summed E-state index contributed by atoms with van der Waals surface area (Å²) in [5, 5.41) is 14.0. The monoisotopic (exact) mass is 465 g/mol. The molecule has 0 aliphatic heterocycles. The van der Waals surface area contributed by atoms with E-state index in [0.717, 1.165) is 11.8 Å². The first kappa shape index (κ1) is 22.6. The molecule has 1 amide bonds. The van der Waals surface area contributed by atoms with Crippen LogP contribution in [0.4, 0.5) is 11.4 Å². The van der Waals surface area contributed by atoms with Gasteiger partial charge in [0, 0.05) is 17.8 Å². The number of sulfone groups is 1. The molecule has 2 aromatic carbocycles. The first-order chi connectivity index (χ1) is 14.6. The van der Waals surface area contributed by atoms with E-state index in [1.165, 1.54) is 37.4 Å². The third-order valence-corrected chi connectivity index (χ3v) is 6.96. The van der Waals surface area contributed by atoms with Gasteiger partial charge in [0.1, 0.15) is 5.52 Å². The Bertz CT molecular complexity index is 1270. The molecule has 1 heterocycles. The zero-order chi connectivity index (χ0) is 22.8. The molecule has 1 aromatic heterocycles. The number of benzene rings is 2. The largest absolute Gasteiger partial charge is 0.490 e. The molecule has 0 fully saturated rings. The third-order valence-electron chi connectivity index (χ3n) is 4.40. The van der Waals surface area contributed by atoms with Gasteiger partial charge in [-0.3, -0.25) is 14.9 Å². The number of nitro benzene ring substituents is 1. The summed E-state index contributed by atoms with van der Waals surface area (Å²) in [5.41, 5.74) is 1.50. The number of aromatic nitrogens is 1. The predicted molar refractivity (Wildman–Crippen MR) is 115 cm³/mol. The summed E-state index contributed by atoms with van der Waals surface area (Å²) in [6, 6.07) is 7.14. The summed E-state index contributed by atoms with van der Waals surface area (Å²) < 4.78 is 34.6. The Kier molecular flexibility index (Phi) is 6.51. The number of hydrogen-bond donors (Lipinski definition) is 1. The van der Waals surface area contributed by atoms with Gasteiger partial charge in [-0.05, 0) is 30.7 Å². The van der Waals surface area contributed by atoms with E-state index in [4.69, 9.17) is 9.15 Å². The number of fused-ring (bicyclic) bond motifs is 1. The lowest BCUT2D eigenvalue weighted by atomic mass is 10.1. The summed E-state index contributed by atoms with van der Waals surface area (Å²) in [5.74, 6) is -0.396. The smallest absolute Gasteiger partial charge is 0.311 e. The van der Waals surface area contributed by atoms with Crippen molar-refractivity contribution in [1.82, 2.24) is 4.98 Å². The molecule has 0 unspecified atom stereocenters. The van der Waals surface area contributed by atoms with Gasteiger partial charge in [-0.1, -0.05) is 18.7 Å². The fourth-order valence-corrected chi connectivity index (χ4v) is 4.27. The second-order valence-corrected chi connectivity index (χ2v) is 9.65. The molecule has 31 heavy (non-hydrogen) atoms. The van der Waals surface area contributed by atoms with Crippen LogP contribution in [0.2, 0.25) is 0 Å². The van der Waals surface area contributed by atoms with Gasteiger partial charge in [0.15, 0.2) is 21.2 Å². The molecule has 0 radical (unpaired) electrons.